The number of amides is 3. The molecule has 0 spiro atoms. The van der Waals surface area contributed by atoms with Crippen LogP contribution in [-0.4, -0.2) is 99.5 Å². The van der Waals surface area contributed by atoms with Gasteiger partial charge in [-0.3, -0.25) is 28.8 Å². The molecule has 5 rings (SSSR count). The fourth-order valence-corrected chi connectivity index (χ4v) is 7.74. The monoisotopic (exact) mass is 877 g/mol. The molecule has 1 saturated heterocycles. The summed E-state index contributed by atoms with van der Waals surface area (Å²) in [6.45, 7) is 11.8. The molecule has 4 heterocycles. The Morgan fingerprint density at radius 2 is 1.63 bits per heavy atom. The van der Waals surface area contributed by atoms with E-state index in [4.69, 9.17) is 29.2 Å². The maximum Gasteiger partial charge on any atom is 0.419 e. The van der Waals surface area contributed by atoms with Gasteiger partial charge in [-0.1, -0.05) is 17.3 Å². The molecular formula is C42H48FN7O11S. The number of ether oxygens (including phenoxy) is 4. The molecule has 62 heavy (non-hydrogen) atoms. The van der Waals surface area contributed by atoms with Crippen LogP contribution in [0.1, 0.15) is 69.6 Å². The van der Waals surface area contributed by atoms with E-state index < -0.39 is 64.8 Å². The van der Waals surface area contributed by atoms with E-state index in [-0.39, 0.29) is 40.7 Å². The number of nitrogens with zero attached hydrogens (tertiary/aromatic N) is 6. The number of β-lactam (4-membered cyclic amide) rings is 1. The number of oxime groups is 1. The number of aliphatic imine (C=N–C) groups is 1. The number of thioether (sulfide) groups is 1. The third-order valence-electron chi connectivity index (χ3n) is 9.03. The summed E-state index contributed by atoms with van der Waals surface area (Å²) in [5.41, 5.74) is 0.706. The number of carbonyl (C=O) groups is 6. The van der Waals surface area contributed by atoms with E-state index in [0.717, 1.165) is 4.57 Å². The van der Waals surface area contributed by atoms with Gasteiger partial charge in [0.2, 0.25) is 5.91 Å². The Hall–Kier alpha value is -6.66. The zero-order valence-corrected chi connectivity index (χ0v) is 36.5. The van der Waals surface area contributed by atoms with Crippen LogP contribution in [0.2, 0.25) is 0 Å². The van der Waals surface area contributed by atoms with Crippen LogP contribution in [0, 0.1) is 6.92 Å². The Bertz CT molecular complexity index is 2340. The Morgan fingerprint density at radius 1 is 0.984 bits per heavy atom. The molecule has 20 heteroatoms. The van der Waals surface area contributed by atoms with Crippen molar-refractivity contribution in [1.82, 2.24) is 14.8 Å². The topological polar surface area (TPSA) is 220 Å². The van der Waals surface area contributed by atoms with E-state index in [2.05, 4.69) is 15.5 Å². The number of fused-ring (bicyclic) bond motifs is 1. The van der Waals surface area contributed by atoms with Crippen molar-refractivity contribution >= 4 is 59.2 Å². The van der Waals surface area contributed by atoms with E-state index in [1.807, 2.05) is 0 Å². The molecule has 2 aromatic heterocycles. The lowest BCUT2D eigenvalue weighted by atomic mass is 10.0. The van der Waals surface area contributed by atoms with Crippen molar-refractivity contribution in [2.45, 2.75) is 90.7 Å². The van der Waals surface area contributed by atoms with Crippen LogP contribution in [0.3, 0.4) is 0 Å². The van der Waals surface area contributed by atoms with Crippen LogP contribution in [0.25, 0.3) is 16.5 Å². The van der Waals surface area contributed by atoms with E-state index in [0.29, 0.717) is 33.6 Å². The number of benzene rings is 1. The van der Waals surface area contributed by atoms with E-state index >= 15 is 0 Å². The van der Waals surface area contributed by atoms with Gasteiger partial charge in [-0.2, -0.15) is 0 Å². The number of rotatable bonds is 13. The highest BCUT2D eigenvalue weighted by atomic mass is 32.2. The van der Waals surface area contributed by atoms with Crippen LogP contribution in [-0.2, 0) is 51.4 Å². The summed E-state index contributed by atoms with van der Waals surface area (Å²) >= 11 is 1.32. The second kappa shape index (κ2) is 19.8. The van der Waals surface area contributed by atoms with Gasteiger partial charge in [0.25, 0.3) is 11.8 Å². The quantitative estimate of drug-likeness (QED) is 0.0617. The molecule has 2 aliphatic heterocycles. The van der Waals surface area contributed by atoms with Crippen molar-refractivity contribution in [1.29, 1.82) is 0 Å². The molecule has 0 radical (unpaired) electrons. The molecule has 0 saturated carbocycles. The molecule has 3 amide bonds. The number of hydrogen-bond acceptors (Lipinski definition) is 13. The molecule has 1 N–H and O–H groups in total. The predicted molar refractivity (Wildman–Crippen MR) is 224 cm³/mol. The summed E-state index contributed by atoms with van der Waals surface area (Å²) in [6, 6.07) is 10.8. The van der Waals surface area contributed by atoms with Gasteiger partial charge in [-0.15, -0.1) is 17.8 Å². The van der Waals surface area contributed by atoms with Gasteiger partial charge in [0.15, 0.2) is 24.7 Å². The van der Waals surface area contributed by atoms with Gasteiger partial charge in [-0.05, 0) is 77.3 Å². The highest BCUT2D eigenvalue weighted by Crippen LogP contribution is 2.41. The highest BCUT2D eigenvalue weighted by molar-refractivity contribution is 8.00. The molecule has 2 atom stereocenters. The first-order valence-corrected chi connectivity index (χ1v) is 20.0. The van der Waals surface area contributed by atoms with Crippen molar-refractivity contribution in [3.05, 3.63) is 88.5 Å². The van der Waals surface area contributed by atoms with Crippen molar-refractivity contribution in [2.75, 3.05) is 20.0 Å². The van der Waals surface area contributed by atoms with Gasteiger partial charge in [0.05, 0.1) is 19.2 Å². The molecule has 2 unspecified atom stereocenters. The molecule has 2 aliphatic rings. The van der Waals surface area contributed by atoms with Crippen LogP contribution < -0.4 is 14.6 Å². The molecule has 1 aromatic carbocycles. The fraction of sp³-hybridized carbons (Fsp3) is 0.405. The maximum absolute atomic E-state index is 14.0. The Morgan fingerprint density at radius 3 is 2.21 bits per heavy atom. The number of halogens is 1. The van der Waals surface area contributed by atoms with Crippen LogP contribution >= 0.6 is 11.8 Å². The molecular weight excluding hydrogens is 830 g/mol. The van der Waals surface area contributed by atoms with Gasteiger partial charge in [0, 0.05) is 35.2 Å². The first kappa shape index (κ1) is 48.0. The maximum atomic E-state index is 14.0. The minimum absolute atomic E-state index is 0. The molecule has 0 bridgehead atoms. The first-order chi connectivity index (χ1) is 28.7. The zero-order valence-electron chi connectivity index (χ0n) is 35.7. The third kappa shape index (κ3) is 11.4. The summed E-state index contributed by atoms with van der Waals surface area (Å²) in [5.74, 6) is -2.87. The normalized spacial score (nSPS) is 16.1. The van der Waals surface area contributed by atoms with Crippen molar-refractivity contribution in [2.24, 2.45) is 10.1 Å². The smallest absolute Gasteiger partial charge is 0.419 e. The summed E-state index contributed by atoms with van der Waals surface area (Å²) in [7, 11) is 2.75. The number of methoxy groups -OCH3 is 1. The number of esters is 2. The van der Waals surface area contributed by atoms with Gasteiger partial charge >= 0.3 is 18.0 Å². The van der Waals surface area contributed by atoms with E-state index in [1.165, 1.54) is 43.1 Å². The molecule has 1 fully saturated rings. The number of hydrogen-bond donors (Lipinski definition) is 1. The largest absolute Gasteiger partial charge is 0.497 e. The zero-order chi connectivity index (χ0) is 44.8. The second-order valence-corrected chi connectivity index (χ2v) is 17.0. The number of pyridine rings is 1. The average molecular weight is 878 g/mol. The van der Waals surface area contributed by atoms with Gasteiger partial charge < -0.3 is 39.5 Å². The average Bonchev–Trinajstić information content (AvgIpc) is 3.54. The summed E-state index contributed by atoms with van der Waals surface area (Å²) in [6.07, 6.45) is 3.59. The lowest BCUT2D eigenvalue weighted by molar-refractivity contribution is -0.689. The summed E-state index contributed by atoms with van der Waals surface area (Å²) in [4.78, 5) is 89.0. The minimum atomic E-state index is -1.06. The number of aromatic nitrogens is 2. The van der Waals surface area contributed by atoms with E-state index in [9.17, 15) is 28.8 Å². The van der Waals surface area contributed by atoms with Crippen molar-refractivity contribution in [3.63, 3.8) is 0 Å². The second-order valence-electron chi connectivity index (χ2n) is 15.9. The Kier molecular flexibility index (Phi) is 15.3. The lowest BCUT2D eigenvalue weighted by Gasteiger charge is -2.49. The SMILES string of the molecule is CO/N=C(\CC(=O)OC(C)(C)C)C(=O)NC1C(=O)N2C(C(=O)OCc3ccc(OC)cc3)=C(C[n+]3ccc(-c4cn(C(=O)OC(C)(C)C)c(C(=O)N=C=[N-])c4C)cc3)CSC12.F. The minimum Gasteiger partial charge on any atom is -0.497 e. The van der Waals surface area contributed by atoms with Gasteiger partial charge in [0.1, 0.15) is 47.8 Å². The molecule has 0 aliphatic carbocycles. The van der Waals surface area contributed by atoms with E-state index in [1.54, 1.807) is 102 Å². The molecule has 18 nitrogen and oxygen atoms in total. The Labute approximate surface area is 361 Å². The Balaban J connectivity index is 0.00000845. The molecule has 3 aromatic rings. The van der Waals surface area contributed by atoms with Crippen LogP contribution in [0.5, 0.6) is 5.75 Å². The van der Waals surface area contributed by atoms with Crippen molar-refractivity contribution in [3.8, 4) is 16.9 Å². The molecule has 330 valence electrons. The van der Waals surface area contributed by atoms with Crippen LogP contribution in [0.4, 0.5) is 9.50 Å². The highest BCUT2D eigenvalue weighted by Gasteiger charge is 2.55. The third-order valence-corrected chi connectivity index (χ3v) is 10.4. The fourth-order valence-electron chi connectivity index (χ4n) is 6.40. The number of nitrogens with one attached hydrogen (secondary N) is 1. The lowest BCUT2D eigenvalue weighted by Crippen LogP contribution is -2.71. The van der Waals surface area contributed by atoms with Crippen LogP contribution in [0.15, 0.2) is 76.4 Å². The standard InChI is InChI=1S/C42H47N7O11S.FH/c1-24-29(20-48(33(24)36(52)44-23-43)40(55)60-42(5,6)7)26-14-16-47(17-15-26)19-27-22-61-38-32(45-35(51)30(46-57-9)18-31(50)59-41(2,3)4)37(53)49(38)34(27)39(54)58-21-25-10-12-28(56-8)13-11-25;/h10-17,20,32,38H,18-19,21-22H2,1-9H3,(H,45,51);1H/b46-30+;. The summed E-state index contributed by atoms with van der Waals surface area (Å²) < 4.78 is 24.6. The number of carbonyl (C=O) groups excluding carboxylic acids is 6. The van der Waals surface area contributed by atoms with Crippen molar-refractivity contribution < 1.29 is 61.8 Å². The summed E-state index contributed by atoms with van der Waals surface area (Å²) in [5, 5.41) is 14.7. The predicted octanol–water partition coefficient (Wildman–Crippen LogP) is 4.71. The van der Waals surface area contributed by atoms with Gasteiger partial charge in [-0.25, -0.2) is 18.7 Å². The first-order valence-electron chi connectivity index (χ1n) is 18.9.